The van der Waals surface area contributed by atoms with Gasteiger partial charge in [-0.1, -0.05) is 12.1 Å². The van der Waals surface area contributed by atoms with Crippen LogP contribution in [0, 0.1) is 5.41 Å². The number of nitrogens with two attached hydrogens (primary N) is 1. The third-order valence-electron chi connectivity index (χ3n) is 5.68. The molecule has 0 saturated carbocycles. The van der Waals surface area contributed by atoms with Gasteiger partial charge in [0.1, 0.15) is 17.2 Å². The molecule has 174 valence electrons. The summed E-state index contributed by atoms with van der Waals surface area (Å²) in [5.74, 6) is -0.843. The second-order valence-corrected chi connectivity index (χ2v) is 8.09. The summed E-state index contributed by atoms with van der Waals surface area (Å²) in [4.78, 5) is 18.3. The van der Waals surface area contributed by atoms with Gasteiger partial charge in [0.15, 0.2) is 5.96 Å². The number of halogens is 3. The van der Waals surface area contributed by atoms with Crippen LogP contribution in [0.1, 0.15) is 34.5 Å². The molecule has 1 aromatic heterocycles. The van der Waals surface area contributed by atoms with E-state index in [9.17, 15) is 18.0 Å². The lowest BCUT2D eigenvalue weighted by molar-refractivity contribution is -0.136. The van der Waals surface area contributed by atoms with Crippen molar-refractivity contribution in [2.45, 2.75) is 25.6 Å². The van der Waals surface area contributed by atoms with Crippen LogP contribution >= 0.6 is 0 Å². The van der Waals surface area contributed by atoms with Crippen molar-refractivity contribution in [1.29, 1.82) is 5.41 Å². The number of H-pyrrole nitrogens is 1. The summed E-state index contributed by atoms with van der Waals surface area (Å²) in [5, 5.41) is 7.19. The molecule has 10 heteroatoms. The van der Waals surface area contributed by atoms with Gasteiger partial charge >= 0.3 is 6.18 Å². The first-order valence-corrected chi connectivity index (χ1v) is 10.5. The highest BCUT2D eigenvalue weighted by Gasteiger charge is 2.34. The number of guanidine groups is 1. The molecule has 7 nitrogen and oxygen atoms in total. The maximum absolute atomic E-state index is 13.8. The maximum atomic E-state index is 13.8. The molecule has 2 aromatic carbocycles. The predicted octanol–water partition coefficient (Wildman–Crippen LogP) is 4.54. The molecule has 2 heterocycles. The number of aromatic amines is 1. The Kier molecular flexibility index (Phi) is 6.03. The lowest BCUT2D eigenvalue weighted by Gasteiger charge is -2.15. The van der Waals surface area contributed by atoms with Crippen LogP contribution in [0.2, 0.25) is 0 Å². The maximum Gasteiger partial charge on any atom is 0.417 e. The lowest BCUT2D eigenvalue weighted by Crippen LogP contribution is -2.38. The van der Waals surface area contributed by atoms with Gasteiger partial charge in [0.05, 0.1) is 11.1 Å². The number of rotatable bonds is 5. The fraction of sp³-hybridized carbons (Fsp3) is 0.304. The Morgan fingerprint density at radius 3 is 2.42 bits per heavy atom. The number of fused-ring (bicyclic) bond motifs is 1. The van der Waals surface area contributed by atoms with Crippen LogP contribution in [-0.2, 0) is 12.7 Å². The van der Waals surface area contributed by atoms with Crippen molar-refractivity contribution in [3.8, 4) is 11.5 Å². The zero-order valence-electron chi connectivity index (χ0n) is 18.0. The number of aromatic nitrogens is 1. The monoisotopic (exact) mass is 459 g/mol. The van der Waals surface area contributed by atoms with E-state index in [2.05, 4.69) is 9.88 Å². The minimum Gasteiger partial charge on any atom is -0.457 e. The minimum absolute atomic E-state index is 0.0112. The molecule has 3 aromatic rings. The molecule has 0 radical (unpaired) electrons. The van der Waals surface area contributed by atoms with Crippen LogP contribution in [0.25, 0.3) is 10.9 Å². The molecule has 1 amide bonds. The smallest absolute Gasteiger partial charge is 0.417 e. The molecule has 4 rings (SSSR count). The van der Waals surface area contributed by atoms with Crippen molar-refractivity contribution in [3.05, 3.63) is 59.3 Å². The van der Waals surface area contributed by atoms with E-state index in [4.69, 9.17) is 15.9 Å². The van der Waals surface area contributed by atoms with Crippen LogP contribution in [-0.4, -0.2) is 46.8 Å². The number of ether oxygens (including phenoxy) is 1. The normalized spacial score (nSPS) is 14.5. The number of hydrogen-bond acceptors (Lipinski definition) is 4. The van der Waals surface area contributed by atoms with E-state index in [1.165, 1.54) is 26.0 Å². The van der Waals surface area contributed by atoms with Gasteiger partial charge in [-0.25, -0.2) is 0 Å². The highest BCUT2D eigenvalue weighted by Crippen LogP contribution is 2.39. The topological polar surface area (TPSA) is 98.4 Å². The van der Waals surface area contributed by atoms with E-state index in [0.29, 0.717) is 5.75 Å². The summed E-state index contributed by atoms with van der Waals surface area (Å²) in [6.07, 6.45) is -2.27. The minimum atomic E-state index is -4.66. The molecule has 0 aliphatic carbocycles. The van der Waals surface area contributed by atoms with Crippen molar-refractivity contribution in [1.82, 2.24) is 14.8 Å². The van der Waals surface area contributed by atoms with E-state index in [1.807, 2.05) is 12.1 Å². The summed E-state index contributed by atoms with van der Waals surface area (Å²) in [5.41, 5.74) is 5.46. The number of amides is 1. The highest BCUT2D eigenvalue weighted by atomic mass is 19.4. The molecular formula is C23H24F3N5O2. The summed E-state index contributed by atoms with van der Waals surface area (Å²) >= 11 is 0. The van der Waals surface area contributed by atoms with Gasteiger partial charge in [0, 0.05) is 25.0 Å². The zero-order valence-corrected chi connectivity index (χ0v) is 18.0. The van der Waals surface area contributed by atoms with Crippen LogP contribution < -0.4 is 10.5 Å². The van der Waals surface area contributed by atoms with Crippen LogP contribution in [0.15, 0.2) is 42.5 Å². The van der Waals surface area contributed by atoms with Crippen molar-refractivity contribution in [2.75, 3.05) is 20.1 Å². The standard InChI is InChI=1S/C23H24F3N5O2/c1-30(22(27)28)21(32)20-12-17-18(23(24,25)26)10-16(11-19(17)29-20)33-15-6-4-14(5-7-15)13-31-8-2-3-9-31/h4-7,10-12,29H,2-3,8-9,13H2,1H3,(H3,27,28). The average Bonchev–Trinajstić information content (AvgIpc) is 3.42. The van der Waals surface area contributed by atoms with Gasteiger partial charge in [-0.05, 0) is 55.8 Å². The Labute approximate surface area is 188 Å². The molecule has 33 heavy (non-hydrogen) atoms. The quantitative estimate of drug-likeness (QED) is 0.385. The number of carbonyl (C=O) groups is 1. The SMILES string of the molecule is CN(C(=N)N)C(=O)c1cc2c(C(F)(F)F)cc(Oc3ccc(CN4CCCC4)cc3)cc2[nH]1. The fourth-order valence-corrected chi connectivity index (χ4v) is 3.91. The Morgan fingerprint density at radius 1 is 1.15 bits per heavy atom. The van der Waals surface area contributed by atoms with Gasteiger partial charge in [0.25, 0.3) is 5.91 Å². The van der Waals surface area contributed by atoms with Crippen molar-refractivity contribution in [2.24, 2.45) is 5.73 Å². The first-order chi connectivity index (χ1) is 15.6. The number of hydrogen-bond donors (Lipinski definition) is 3. The Hall–Kier alpha value is -3.53. The average molecular weight is 459 g/mol. The molecule has 0 spiro atoms. The molecule has 1 saturated heterocycles. The fourth-order valence-electron chi connectivity index (χ4n) is 3.91. The number of carbonyl (C=O) groups excluding carboxylic acids is 1. The van der Waals surface area contributed by atoms with Gasteiger partial charge < -0.3 is 15.5 Å². The van der Waals surface area contributed by atoms with Crippen LogP contribution in [0.4, 0.5) is 13.2 Å². The van der Waals surface area contributed by atoms with Crippen molar-refractivity contribution < 1.29 is 22.7 Å². The first kappa shape index (κ1) is 22.7. The van der Waals surface area contributed by atoms with Gasteiger partial charge in [-0.15, -0.1) is 0 Å². The third kappa shape index (κ3) is 4.95. The van der Waals surface area contributed by atoms with Gasteiger partial charge in [-0.2, -0.15) is 13.2 Å². The molecular weight excluding hydrogens is 435 g/mol. The molecule has 1 aliphatic heterocycles. The summed E-state index contributed by atoms with van der Waals surface area (Å²) in [7, 11) is 1.27. The summed E-state index contributed by atoms with van der Waals surface area (Å²) in [6.45, 7) is 2.97. The predicted molar refractivity (Wildman–Crippen MR) is 118 cm³/mol. The largest absolute Gasteiger partial charge is 0.457 e. The first-order valence-electron chi connectivity index (χ1n) is 10.5. The third-order valence-corrected chi connectivity index (χ3v) is 5.68. The number of likely N-dealkylation sites (tertiary alicyclic amines) is 1. The lowest BCUT2D eigenvalue weighted by atomic mass is 10.1. The second-order valence-electron chi connectivity index (χ2n) is 8.09. The van der Waals surface area contributed by atoms with Crippen LogP contribution in [0.3, 0.4) is 0 Å². The zero-order chi connectivity index (χ0) is 23.8. The number of benzene rings is 2. The summed E-state index contributed by atoms with van der Waals surface area (Å²) < 4.78 is 47.0. The van der Waals surface area contributed by atoms with Gasteiger partial charge in [0.2, 0.25) is 0 Å². The van der Waals surface area contributed by atoms with E-state index < -0.39 is 23.6 Å². The summed E-state index contributed by atoms with van der Waals surface area (Å²) in [6, 6.07) is 10.7. The Balaban J connectivity index is 1.62. The van der Waals surface area contributed by atoms with E-state index in [1.54, 1.807) is 12.1 Å². The number of nitrogens with one attached hydrogen (secondary N) is 2. The van der Waals surface area contributed by atoms with E-state index in [-0.39, 0.29) is 22.3 Å². The molecule has 0 bridgehead atoms. The Bertz CT molecular complexity index is 1180. The van der Waals surface area contributed by atoms with Crippen molar-refractivity contribution in [3.63, 3.8) is 0 Å². The molecule has 0 unspecified atom stereocenters. The van der Waals surface area contributed by atoms with E-state index in [0.717, 1.165) is 42.2 Å². The van der Waals surface area contributed by atoms with E-state index >= 15 is 0 Å². The highest BCUT2D eigenvalue weighted by molar-refractivity contribution is 6.06. The number of alkyl halides is 3. The second kappa shape index (κ2) is 8.78. The molecule has 0 atom stereocenters. The Morgan fingerprint density at radius 2 is 1.82 bits per heavy atom. The number of nitrogens with zero attached hydrogens (tertiary/aromatic N) is 2. The molecule has 4 N–H and O–H groups in total. The molecule has 1 fully saturated rings. The van der Waals surface area contributed by atoms with Gasteiger partial charge in [-0.3, -0.25) is 20.0 Å². The van der Waals surface area contributed by atoms with Crippen LogP contribution in [0.5, 0.6) is 11.5 Å². The van der Waals surface area contributed by atoms with Crippen molar-refractivity contribution >= 4 is 22.8 Å². The molecule has 1 aliphatic rings.